The Morgan fingerprint density at radius 1 is 0.700 bits per heavy atom. The SMILES string of the molecule is C1C[C@H]2[C@H]3CCC(C3)[C@H]2C1. The van der Waals surface area contributed by atoms with Crippen LogP contribution in [0.1, 0.15) is 38.5 Å². The van der Waals surface area contributed by atoms with Crippen molar-refractivity contribution in [3.63, 3.8) is 0 Å². The van der Waals surface area contributed by atoms with Crippen LogP contribution in [0.4, 0.5) is 0 Å². The Hall–Kier alpha value is 0. The molecule has 0 aromatic carbocycles. The average Bonchev–Trinajstić information content (AvgIpc) is 2.60. The van der Waals surface area contributed by atoms with E-state index in [1.807, 2.05) is 0 Å². The summed E-state index contributed by atoms with van der Waals surface area (Å²) in [4.78, 5) is 0. The third-order valence-electron chi connectivity index (χ3n) is 4.35. The second kappa shape index (κ2) is 1.78. The van der Waals surface area contributed by atoms with Crippen LogP contribution in [-0.2, 0) is 0 Å². The Morgan fingerprint density at radius 3 is 1.90 bits per heavy atom. The van der Waals surface area contributed by atoms with Crippen molar-refractivity contribution < 1.29 is 0 Å². The zero-order valence-electron chi connectivity index (χ0n) is 6.55. The maximum absolute atomic E-state index is 1.62. The van der Waals surface area contributed by atoms with Crippen LogP contribution >= 0.6 is 0 Å². The fraction of sp³-hybridized carbons (Fsp3) is 1.00. The maximum atomic E-state index is 1.62. The van der Waals surface area contributed by atoms with Crippen LogP contribution in [0, 0.1) is 23.7 Å². The number of rotatable bonds is 0. The summed E-state index contributed by atoms with van der Waals surface area (Å²) >= 11 is 0. The highest BCUT2D eigenvalue weighted by Gasteiger charge is 2.48. The molecule has 3 aliphatic rings. The fourth-order valence-corrected chi connectivity index (χ4v) is 4.02. The third-order valence-corrected chi connectivity index (χ3v) is 4.35. The van der Waals surface area contributed by atoms with Crippen molar-refractivity contribution in [3.05, 3.63) is 0 Å². The van der Waals surface area contributed by atoms with E-state index in [4.69, 9.17) is 0 Å². The Bertz CT molecular complexity index is 134. The smallest absolute Gasteiger partial charge is 0.0355 e. The molecule has 1 unspecified atom stereocenters. The van der Waals surface area contributed by atoms with Gasteiger partial charge in [-0.15, -0.1) is 0 Å². The first-order chi connectivity index (χ1) is 4.95. The topological polar surface area (TPSA) is 0 Å². The molecule has 3 fully saturated rings. The summed E-state index contributed by atoms with van der Waals surface area (Å²) in [5, 5.41) is 0. The molecule has 56 valence electrons. The predicted octanol–water partition coefficient (Wildman–Crippen LogP) is 2.83. The Balaban J connectivity index is 1.92. The Labute approximate surface area is 63.0 Å². The average molecular weight is 136 g/mol. The molecule has 0 aromatic heterocycles. The van der Waals surface area contributed by atoms with Gasteiger partial charge in [0.1, 0.15) is 0 Å². The maximum Gasteiger partial charge on any atom is -0.0355 e. The van der Waals surface area contributed by atoms with Gasteiger partial charge in [-0.2, -0.15) is 0 Å². The highest BCUT2D eigenvalue weighted by molar-refractivity contribution is 4.98. The first kappa shape index (κ1) is 5.62. The van der Waals surface area contributed by atoms with E-state index in [1.165, 1.54) is 23.7 Å². The highest BCUT2D eigenvalue weighted by atomic mass is 14.5. The monoisotopic (exact) mass is 136 g/mol. The van der Waals surface area contributed by atoms with Crippen molar-refractivity contribution in [2.45, 2.75) is 38.5 Å². The van der Waals surface area contributed by atoms with Gasteiger partial charge in [0, 0.05) is 0 Å². The van der Waals surface area contributed by atoms with Gasteiger partial charge in [-0.25, -0.2) is 0 Å². The van der Waals surface area contributed by atoms with E-state index in [9.17, 15) is 0 Å². The van der Waals surface area contributed by atoms with Gasteiger partial charge < -0.3 is 0 Å². The van der Waals surface area contributed by atoms with Crippen molar-refractivity contribution in [1.29, 1.82) is 0 Å². The van der Waals surface area contributed by atoms with Gasteiger partial charge in [0.05, 0.1) is 0 Å². The zero-order valence-corrected chi connectivity index (χ0v) is 6.55. The summed E-state index contributed by atoms with van der Waals surface area (Å²) in [6.45, 7) is 0. The van der Waals surface area contributed by atoms with E-state index < -0.39 is 0 Å². The molecule has 4 atom stereocenters. The molecule has 0 nitrogen and oxygen atoms in total. The van der Waals surface area contributed by atoms with Crippen LogP contribution in [0.25, 0.3) is 0 Å². The molecule has 0 spiro atoms. The minimum Gasteiger partial charge on any atom is -0.0527 e. The van der Waals surface area contributed by atoms with Crippen LogP contribution in [0.15, 0.2) is 0 Å². The summed E-state index contributed by atoms with van der Waals surface area (Å²) in [7, 11) is 0. The molecule has 2 bridgehead atoms. The summed E-state index contributed by atoms with van der Waals surface area (Å²) in [5.74, 6) is 4.80. The van der Waals surface area contributed by atoms with Crippen molar-refractivity contribution in [2.24, 2.45) is 23.7 Å². The fourth-order valence-electron chi connectivity index (χ4n) is 4.02. The Morgan fingerprint density at radius 2 is 1.30 bits per heavy atom. The second-order valence-electron chi connectivity index (χ2n) is 4.59. The minimum atomic E-state index is 1.19. The van der Waals surface area contributed by atoms with Crippen LogP contribution in [-0.4, -0.2) is 0 Å². The molecule has 3 aliphatic carbocycles. The van der Waals surface area contributed by atoms with Crippen molar-refractivity contribution in [3.8, 4) is 0 Å². The van der Waals surface area contributed by atoms with Crippen molar-refractivity contribution >= 4 is 0 Å². The summed E-state index contributed by atoms with van der Waals surface area (Å²) in [6.07, 6.45) is 9.53. The van der Waals surface area contributed by atoms with E-state index in [0.717, 1.165) is 0 Å². The first-order valence-electron chi connectivity index (χ1n) is 4.95. The quantitative estimate of drug-likeness (QED) is 0.480. The van der Waals surface area contributed by atoms with Crippen LogP contribution in [0.3, 0.4) is 0 Å². The second-order valence-corrected chi connectivity index (χ2v) is 4.59. The first-order valence-corrected chi connectivity index (χ1v) is 4.95. The summed E-state index contributed by atoms with van der Waals surface area (Å²) in [5.41, 5.74) is 0. The predicted molar refractivity (Wildman–Crippen MR) is 41.7 cm³/mol. The van der Waals surface area contributed by atoms with Gasteiger partial charge >= 0.3 is 0 Å². The molecular weight excluding hydrogens is 120 g/mol. The molecule has 0 N–H and O–H groups in total. The molecule has 0 heterocycles. The lowest BCUT2D eigenvalue weighted by Gasteiger charge is -2.23. The molecular formula is C10H16. The van der Waals surface area contributed by atoms with Crippen molar-refractivity contribution in [1.82, 2.24) is 0 Å². The van der Waals surface area contributed by atoms with E-state index in [-0.39, 0.29) is 0 Å². The van der Waals surface area contributed by atoms with Crippen LogP contribution in [0.5, 0.6) is 0 Å². The third kappa shape index (κ3) is 0.538. The molecule has 3 rings (SSSR count). The number of fused-ring (bicyclic) bond motifs is 5. The lowest BCUT2D eigenvalue weighted by molar-refractivity contribution is 0.259. The number of hydrogen-bond donors (Lipinski definition) is 0. The molecule has 0 amide bonds. The normalized spacial score (nSPS) is 57.6. The van der Waals surface area contributed by atoms with E-state index in [1.54, 1.807) is 38.5 Å². The van der Waals surface area contributed by atoms with Gasteiger partial charge in [-0.05, 0) is 55.8 Å². The summed E-state index contributed by atoms with van der Waals surface area (Å²) < 4.78 is 0. The highest BCUT2D eigenvalue weighted by Crippen LogP contribution is 2.58. The van der Waals surface area contributed by atoms with Gasteiger partial charge in [0.25, 0.3) is 0 Å². The minimum absolute atomic E-state index is 1.19. The Kier molecular flexibility index (Phi) is 1.00. The van der Waals surface area contributed by atoms with Gasteiger partial charge in [0.15, 0.2) is 0 Å². The van der Waals surface area contributed by atoms with E-state index in [2.05, 4.69) is 0 Å². The summed E-state index contributed by atoms with van der Waals surface area (Å²) in [6, 6.07) is 0. The zero-order chi connectivity index (χ0) is 6.55. The van der Waals surface area contributed by atoms with Crippen molar-refractivity contribution in [2.75, 3.05) is 0 Å². The molecule has 0 heteroatoms. The molecule has 3 saturated carbocycles. The van der Waals surface area contributed by atoms with Gasteiger partial charge in [-0.1, -0.05) is 6.42 Å². The lowest BCUT2D eigenvalue weighted by atomic mass is 9.82. The largest absolute Gasteiger partial charge is 0.0527 e. The van der Waals surface area contributed by atoms with Crippen LogP contribution in [0.2, 0.25) is 0 Å². The molecule has 0 saturated heterocycles. The van der Waals surface area contributed by atoms with Gasteiger partial charge in [-0.3, -0.25) is 0 Å². The van der Waals surface area contributed by atoms with Gasteiger partial charge in [0.2, 0.25) is 0 Å². The standard InChI is InChI=1S/C10H16/c1-2-9-7-4-5-8(6-7)10(9)3-1/h7-10H,1-6H2/t7-,8?,9-,10+/m0/s1. The molecule has 0 aliphatic heterocycles. The van der Waals surface area contributed by atoms with E-state index >= 15 is 0 Å². The molecule has 10 heavy (non-hydrogen) atoms. The number of hydrogen-bond acceptors (Lipinski definition) is 0. The molecule has 0 radical (unpaired) electrons. The van der Waals surface area contributed by atoms with Crippen LogP contribution < -0.4 is 0 Å². The molecule has 0 aromatic rings. The lowest BCUT2D eigenvalue weighted by Crippen LogP contribution is -2.15. The van der Waals surface area contributed by atoms with E-state index in [0.29, 0.717) is 0 Å².